The molecule has 158 valence electrons. The maximum absolute atomic E-state index is 1.57. The van der Waals surface area contributed by atoms with Gasteiger partial charge in [0.05, 0.1) is 0 Å². The average molecular weight is 375 g/mol. The fourth-order valence-corrected chi connectivity index (χ4v) is 6.88. The summed E-state index contributed by atoms with van der Waals surface area (Å²) in [4.78, 5) is 0. The van der Waals surface area contributed by atoms with Gasteiger partial charge >= 0.3 is 0 Å². The van der Waals surface area contributed by atoms with Gasteiger partial charge in [0.25, 0.3) is 0 Å². The zero-order valence-electron chi connectivity index (χ0n) is 18.6. The molecule has 4 bridgehead atoms. The Morgan fingerprint density at radius 1 is 0.222 bits per heavy atom. The molecule has 0 nitrogen and oxygen atoms in total. The van der Waals surface area contributed by atoms with Crippen LogP contribution in [0.3, 0.4) is 0 Å². The van der Waals surface area contributed by atoms with Gasteiger partial charge in [0, 0.05) is 0 Å². The van der Waals surface area contributed by atoms with Crippen LogP contribution in [0.5, 0.6) is 0 Å². The van der Waals surface area contributed by atoms with Crippen molar-refractivity contribution in [3.8, 4) is 0 Å². The van der Waals surface area contributed by atoms with Crippen LogP contribution in [0, 0.1) is 23.7 Å². The first kappa shape index (κ1) is 21.7. The second kappa shape index (κ2) is 13.3. The lowest BCUT2D eigenvalue weighted by atomic mass is 9.73. The zero-order chi connectivity index (χ0) is 18.6. The van der Waals surface area contributed by atoms with Crippen LogP contribution in [0.2, 0.25) is 0 Å². The molecule has 5 rings (SSSR count). The molecule has 0 heterocycles. The van der Waals surface area contributed by atoms with Crippen LogP contribution in [-0.2, 0) is 0 Å². The molecular weight excluding hydrogens is 324 g/mol. The predicted octanol–water partition coefficient (Wildman–Crippen LogP) is 9.46. The topological polar surface area (TPSA) is 0 Å². The van der Waals surface area contributed by atoms with Crippen molar-refractivity contribution in [1.82, 2.24) is 0 Å². The van der Waals surface area contributed by atoms with E-state index in [9.17, 15) is 0 Å². The minimum Gasteiger partial charge on any atom is -0.0533 e. The molecule has 0 unspecified atom stereocenters. The molecule has 0 heteroatoms. The Morgan fingerprint density at radius 2 is 0.481 bits per heavy atom. The third kappa shape index (κ3) is 8.49. The van der Waals surface area contributed by atoms with Gasteiger partial charge in [-0.05, 0) is 23.7 Å². The van der Waals surface area contributed by atoms with Gasteiger partial charge < -0.3 is 0 Å². The molecule has 0 saturated heterocycles. The van der Waals surface area contributed by atoms with Gasteiger partial charge in [-0.3, -0.25) is 0 Å². The third-order valence-corrected chi connectivity index (χ3v) is 8.64. The van der Waals surface area contributed by atoms with Crippen molar-refractivity contribution in [2.75, 3.05) is 0 Å². The lowest BCUT2D eigenvalue weighted by Gasteiger charge is -2.33. The van der Waals surface area contributed by atoms with Gasteiger partial charge in [-0.25, -0.2) is 0 Å². The van der Waals surface area contributed by atoms with E-state index in [0.29, 0.717) is 0 Å². The third-order valence-electron chi connectivity index (χ3n) is 8.64. The summed E-state index contributed by atoms with van der Waals surface area (Å²) < 4.78 is 0. The average Bonchev–Trinajstić information content (AvgIpc) is 2.62. The van der Waals surface area contributed by atoms with Crippen LogP contribution in [0.1, 0.15) is 148 Å². The molecule has 5 aliphatic carbocycles. The van der Waals surface area contributed by atoms with E-state index in [0.717, 1.165) is 23.7 Å². The minimum absolute atomic E-state index is 1.08. The lowest BCUT2D eigenvalue weighted by molar-refractivity contribution is 0.191. The molecule has 0 aliphatic heterocycles. The van der Waals surface area contributed by atoms with E-state index in [1.54, 1.807) is 89.9 Å². The Bertz CT molecular complexity index is 305. The first-order chi connectivity index (χ1) is 13.4. The lowest BCUT2D eigenvalue weighted by Crippen LogP contribution is -2.20. The van der Waals surface area contributed by atoms with Gasteiger partial charge in [0.2, 0.25) is 0 Å². The van der Waals surface area contributed by atoms with E-state index < -0.39 is 0 Å². The van der Waals surface area contributed by atoms with Crippen LogP contribution in [0.4, 0.5) is 0 Å². The maximum atomic E-state index is 1.57. The van der Waals surface area contributed by atoms with Crippen LogP contribution < -0.4 is 0 Å². The summed E-state index contributed by atoms with van der Waals surface area (Å²) in [6.07, 6.45) is 35.5. The number of hydrogen-bond acceptors (Lipinski definition) is 0. The highest BCUT2D eigenvalue weighted by atomic mass is 14.3. The summed E-state index contributed by atoms with van der Waals surface area (Å²) in [5.41, 5.74) is 0. The van der Waals surface area contributed by atoms with Crippen molar-refractivity contribution in [3.05, 3.63) is 0 Å². The largest absolute Gasteiger partial charge is 0.0533 e. The molecule has 0 spiro atoms. The summed E-state index contributed by atoms with van der Waals surface area (Å²) in [6.45, 7) is 0. The first-order valence-corrected chi connectivity index (χ1v) is 13.4. The Balaban J connectivity index is 1.50. The highest BCUT2D eigenvalue weighted by Gasteiger charge is 2.25. The molecule has 0 radical (unpaired) electrons. The van der Waals surface area contributed by atoms with Crippen molar-refractivity contribution < 1.29 is 0 Å². The van der Waals surface area contributed by atoms with Crippen LogP contribution in [0.15, 0.2) is 0 Å². The van der Waals surface area contributed by atoms with Crippen LogP contribution >= 0.6 is 0 Å². The van der Waals surface area contributed by atoms with Gasteiger partial charge in [-0.2, -0.15) is 0 Å². The SMILES string of the molecule is C1CCCCCC2CCCC(CCC2)C2CCCC(CCCCC1)CCC2. The minimum atomic E-state index is 1.08. The maximum Gasteiger partial charge on any atom is -0.0386 e. The number of fused-ring (bicyclic) bond motifs is 4. The van der Waals surface area contributed by atoms with Crippen LogP contribution in [0.25, 0.3) is 0 Å². The van der Waals surface area contributed by atoms with E-state index in [1.165, 1.54) is 57.8 Å². The van der Waals surface area contributed by atoms with E-state index >= 15 is 0 Å². The predicted molar refractivity (Wildman–Crippen MR) is 120 cm³/mol. The molecular formula is C27H50. The van der Waals surface area contributed by atoms with Crippen molar-refractivity contribution in [1.29, 1.82) is 0 Å². The van der Waals surface area contributed by atoms with Crippen molar-refractivity contribution in [3.63, 3.8) is 0 Å². The Kier molecular flexibility index (Phi) is 10.7. The number of rotatable bonds is 0. The molecule has 0 aromatic rings. The second-order valence-corrected chi connectivity index (χ2v) is 10.7. The van der Waals surface area contributed by atoms with Crippen molar-refractivity contribution >= 4 is 0 Å². The summed E-state index contributed by atoms with van der Waals surface area (Å²) in [5, 5.41) is 0. The second-order valence-electron chi connectivity index (χ2n) is 10.7. The van der Waals surface area contributed by atoms with Gasteiger partial charge in [-0.1, -0.05) is 148 Å². The summed E-state index contributed by atoms with van der Waals surface area (Å²) in [6, 6.07) is 0. The molecule has 0 aromatic heterocycles. The van der Waals surface area contributed by atoms with E-state index in [2.05, 4.69) is 0 Å². The number of hydrogen-bond donors (Lipinski definition) is 0. The molecule has 0 aromatic carbocycles. The highest BCUT2D eigenvalue weighted by Crippen LogP contribution is 2.39. The van der Waals surface area contributed by atoms with Crippen molar-refractivity contribution in [2.45, 2.75) is 148 Å². The smallest absolute Gasteiger partial charge is 0.0386 e. The molecule has 5 saturated carbocycles. The standard InChI is InChI=1S/C27H50/c1-2-4-6-8-14-24-16-10-20-26(21-11-17-24)27-22-12-18-25(19-13-23-27)15-9-7-5-3-1/h24-27H,1-23H2. The Morgan fingerprint density at radius 3 is 0.815 bits per heavy atom. The Labute approximate surface area is 171 Å². The van der Waals surface area contributed by atoms with E-state index in [1.807, 2.05) is 0 Å². The summed E-state index contributed by atoms with van der Waals surface area (Å²) in [5.74, 6) is 4.35. The summed E-state index contributed by atoms with van der Waals surface area (Å²) >= 11 is 0. The zero-order valence-corrected chi connectivity index (χ0v) is 18.6. The van der Waals surface area contributed by atoms with E-state index in [-0.39, 0.29) is 0 Å². The first-order valence-electron chi connectivity index (χ1n) is 13.4. The monoisotopic (exact) mass is 374 g/mol. The molecule has 0 N–H and O–H groups in total. The van der Waals surface area contributed by atoms with E-state index in [4.69, 9.17) is 0 Å². The van der Waals surface area contributed by atoms with Gasteiger partial charge in [-0.15, -0.1) is 0 Å². The molecule has 5 aliphatic rings. The summed E-state index contributed by atoms with van der Waals surface area (Å²) in [7, 11) is 0. The Hall–Kier alpha value is 0. The normalized spacial score (nSPS) is 36.4. The van der Waals surface area contributed by atoms with Crippen molar-refractivity contribution in [2.24, 2.45) is 23.7 Å². The van der Waals surface area contributed by atoms with Crippen LogP contribution in [-0.4, -0.2) is 0 Å². The molecule has 5 fully saturated rings. The van der Waals surface area contributed by atoms with Gasteiger partial charge in [0.15, 0.2) is 0 Å². The molecule has 0 atom stereocenters. The fraction of sp³-hybridized carbons (Fsp3) is 1.00. The van der Waals surface area contributed by atoms with Gasteiger partial charge in [0.1, 0.15) is 0 Å². The quantitative estimate of drug-likeness (QED) is 0.396. The molecule has 27 heavy (non-hydrogen) atoms. The highest BCUT2D eigenvalue weighted by molar-refractivity contribution is 4.78. The fourth-order valence-electron chi connectivity index (χ4n) is 6.88. The molecule has 0 amide bonds.